The highest BCUT2D eigenvalue weighted by molar-refractivity contribution is 7.18. The van der Waals surface area contributed by atoms with Crippen LogP contribution in [-0.4, -0.2) is 25.0 Å². The Morgan fingerprint density at radius 2 is 2.09 bits per heavy atom. The molecule has 23 heavy (non-hydrogen) atoms. The van der Waals surface area contributed by atoms with E-state index in [0.29, 0.717) is 20.7 Å². The molecule has 0 fully saturated rings. The third-order valence-electron chi connectivity index (χ3n) is 3.46. The first kappa shape index (κ1) is 16.3. The van der Waals surface area contributed by atoms with Gasteiger partial charge in [-0.15, -0.1) is 11.3 Å². The predicted molar refractivity (Wildman–Crippen MR) is 88.8 cm³/mol. The van der Waals surface area contributed by atoms with Crippen molar-refractivity contribution in [2.24, 2.45) is 5.92 Å². The predicted octanol–water partition coefficient (Wildman–Crippen LogP) is 4.03. The lowest BCUT2D eigenvalue weighted by molar-refractivity contribution is -0.148. The van der Waals surface area contributed by atoms with Crippen molar-refractivity contribution in [2.45, 2.75) is 6.42 Å². The van der Waals surface area contributed by atoms with Gasteiger partial charge in [-0.3, -0.25) is 9.59 Å². The Hall–Kier alpha value is -1.56. The molecule has 0 saturated carbocycles. The molecule has 7 heteroatoms. The molecule has 2 heterocycles. The zero-order chi connectivity index (χ0) is 16.4. The number of benzene rings is 1. The van der Waals surface area contributed by atoms with E-state index >= 15 is 0 Å². The quantitative estimate of drug-likeness (QED) is 0.602. The van der Waals surface area contributed by atoms with Crippen LogP contribution in [0.5, 0.6) is 5.75 Å². The second kappa shape index (κ2) is 6.91. The first-order chi connectivity index (χ1) is 11.0. The van der Waals surface area contributed by atoms with E-state index < -0.39 is 11.9 Å². The Morgan fingerprint density at radius 3 is 2.83 bits per heavy atom. The molecule has 1 atom stereocenters. The van der Waals surface area contributed by atoms with Gasteiger partial charge < -0.3 is 9.47 Å². The fraction of sp³-hybridized carbons (Fsp3) is 0.250. The van der Waals surface area contributed by atoms with Crippen molar-refractivity contribution in [3.05, 3.63) is 50.1 Å². The standard InChI is InChI=1S/C16H12Cl2O4S/c17-11-1-2-13-9(6-11)5-10(7-21-13)16(20)22-8-12(19)14-3-4-15(18)23-14/h1-4,6,10H,5,7-8H2/t10-/m1/s1. The van der Waals surface area contributed by atoms with Crippen molar-refractivity contribution in [3.63, 3.8) is 0 Å². The maximum absolute atomic E-state index is 12.1. The SMILES string of the molecule is O=C(COC(=O)[C@H]1COc2ccc(Cl)cc2C1)c1ccc(Cl)s1. The first-order valence-corrected chi connectivity index (χ1v) is 8.46. The topological polar surface area (TPSA) is 52.6 Å². The van der Waals surface area contributed by atoms with Gasteiger partial charge in [-0.2, -0.15) is 0 Å². The molecule has 0 saturated heterocycles. The van der Waals surface area contributed by atoms with Crippen LogP contribution in [0.15, 0.2) is 30.3 Å². The molecule has 1 aromatic heterocycles. The number of hydrogen-bond donors (Lipinski definition) is 0. The van der Waals surface area contributed by atoms with Crippen molar-refractivity contribution in [3.8, 4) is 5.75 Å². The minimum Gasteiger partial charge on any atom is -0.492 e. The molecule has 0 aliphatic carbocycles. The lowest BCUT2D eigenvalue weighted by Crippen LogP contribution is -2.30. The number of thiophene rings is 1. The maximum Gasteiger partial charge on any atom is 0.313 e. The number of hydrogen-bond acceptors (Lipinski definition) is 5. The minimum absolute atomic E-state index is 0.229. The van der Waals surface area contributed by atoms with Crippen LogP contribution < -0.4 is 4.74 Å². The van der Waals surface area contributed by atoms with Gasteiger partial charge in [-0.1, -0.05) is 23.2 Å². The van der Waals surface area contributed by atoms with Gasteiger partial charge in [0.15, 0.2) is 6.61 Å². The number of ether oxygens (including phenoxy) is 2. The van der Waals surface area contributed by atoms with E-state index in [0.717, 1.165) is 22.6 Å². The average Bonchev–Trinajstić information content (AvgIpc) is 2.98. The van der Waals surface area contributed by atoms with Gasteiger partial charge in [0.25, 0.3) is 0 Å². The Kier molecular flexibility index (Phi) is 4.90. The van der Waals surface area contributed by atoms with Crippen molar-refractivity contribution in [1.82, 2.24) is 0 Å². The summed E-state index contributed by atoms with van der Waals surface area (Å²) in [5.41, 5.74) is 0.863. The summed E-state index contributed by atoms with van der Waals surface area (Å²) in [7, 11) is 0. The molecule has 120 valence electrons. The van der Waals surface area contributed by atoms with E-state index in [1.807, 2.05) is 0 Å². The normalized spacial score (nSPS) is 16.3. The number of carbonyl (C=O) groups excluding carboxylic acids is 2. The molecule has 2 aromatic rings. The van der Waals surface area contributed by atoms with Gasteiger partial charge >= 0.3 is 5.97 Å². The average molecular weight is 371 g/mol. The van der Waals surface area contributed by atoms with E-state index in [1.54, 1.807) is 30.3 Å². The van der Waals surface area contributed by atoms with Gasteiger partial charge in [0.05, 0.1) is 15.1 Å². The third-order valence-corrected chi connectivity index (χ3v) is 4.96. The molecular formula is C16H12Cl2O4S. The maximum atomic E-state index is 12.1. The van der Waals surface area contributed by atoms with Gasteiger partial charge in [-0.25, -0.2) is 0 Å². The molecule has 0 spiro atoms. The number of Topliss-reactive ketones (excluding diaryl/α,β-unsaturated/α-hetero) is 1. The number of carbonyl (C=O) groups is 2. The molecule has 0 amide bonds. The summed E-state index contributed by atoms with van der Waals surface area (Å²) >= 11 is 12.9. The minimum atomic E-state index is -0.452. The monoisotopic (exact) mass is 370 g/mol. The summed E-state index contributed by atoms with van der Waals surface area (Å²) in [6.45, 7) is -0.0684. The Balaban J connectivity index is 1.58. The van der Waals surface area contributed by atoms with Crippen molar-refractivity contribution in [1.29, 1.82) is 0 Å². The van der Waals surface area contributed by atoms with E-state index in [2.05, 4.69) is 0 Å². The summed E-state index contributed by atoms with van der Waals surface area (Å²) in [6.07, 6.45) is 0.480. The molecule has 1 aliphatic rings. The van der Waals surface area contributed by atoms with E-state index in [1.165, 1.54) is 0 Å². The van der Waals surface area contributed by atoms with Crippen LogP contribution in [0.1, 0.15) is 15.2 Å². The largest absolute Gasteiger partial charge is 0.492 e. The molecule has 0 N–H and O–H groups in total. The highest BCUT2D eigenvalue weighted by Crippen LogP contribution is 2.30. The number of ketones is 1. The smallest absolute Gasteiger partial charge is 0.313 e. The van der Waals surface area contributed by atoms with Crippen molar-refractivity contribution < 1.29 is 19.1 Å². The molecular weight excluding hydrogens is 359 g/mol. The van der Waals surface area contributed by atoms with Gasteiger partial charge in [0.1, 0.15) is 12.4 Å². The lowest BCUT2D eigenvalue weighted by Gasteiger charge is -2.24. The number of halogens is 2. The Morgan fingerprint density at radius 1 is 1.26 bits per heavy atom. The zero-order valence-corrected chi connectivity index (χ0v) is 14.2. The number of fused-ring (bicyclic) bond motifs is 1. The second-order valence-electron chi connectivity index (χ2n) is 5.10. The van der Waals surface area contributed by atoms with Crippen molar-refractivity contribution >= 4 is 46.3 Å². The van der Waals surface area contributed by atoms with Crippen LogP contribution in [0, 0.1) is 5.92 Å². The van der Waals surface area contributed by atoms with E-state index in [9.17, 15) is 9.59 Å². The molecule has 0 unspecified atom stereocenters. The summed E-state index contributed by atoms with van der Waals surface area (Å²) in [4.78, 5) is 24.5. The molecule has 1 aliphatic heterocycles. The van der Waals surface area contributed by atoms with Crippen LogP contribution in [0.2, 0.25) is 9.36 Å². The number of esters is 1. The number of rotatable bonds is 4. The second-order valence-corrected chi connectivity index (χ2v) is 7.25. The van der Waals surface area contributed by atoms with E-state index in [4.69, 9.17) is 32.7 Å². The summed E-state index contributed by atoms with van der Waals surface area (Å²) in [5, 5.41) is 0.589. The third kappa shape index (κ3) is 3.86. The van der Waals surface area contributed by atoms with Crippen LogP contribution in [0.25, 0.3) is 0 Å². The van der Waals surface area contributed by atoms with Crippen LogP contribution in [-0.2, 0) is 16.0 Å². The van der Waals surface area contributed by atoms with Gasteiger partial charge in [0.2, 0.25) is 5.78 Å². The zero-order valence-electron chi connectivity index (χ0n) is 11.9. The summed E-state index contributed by atoms with van der Waals surface area (Å²) in [6, 6.07) is 8.55. The molecule has 0 radical (unpaired) electrons. The van der Waals surface area contributed by atoms with Crippen LogP contribution >= 0.6 is 34.5 Å². The fourth-order valence-corrected chi connectivity index (χ4v) is 3.47. The molecule has 0 bridgehead atoms. The van der Waals surface area contributed by atoms with Gasteiger partial charge in [-0.05, 0) is 42.3 Å². The lowest BCUT2D eigenvalue weighted by atomic mass is 9.97. The highest BCUT2D eigenvalue weighted by Gasteiger charge is 2.28. The van der Waals surface area contributed by atoms with E-state index in [-0.39, 0.29) is 19.0 Å². The van der Waals surface area contributed by atoms with Crippen molar-refractivity contribution in [2.75, 3.05) is 13.2 Å². The molecule has 3 rings (SSSR count). The van der Waals surface area contributed by atoms with Crippen LogP contribution in [0.4, 0.5) is 0 Å². The Labute approximate surface area is 146 Å². The first-order valence-electron chi connectivity index (χ1n) is 6.89. The molecule has 1 aromatic carbocycles. The summed E-state index contributed by atoms with van der Waals surface area (Å²) < 4.78 is 11.2. The Bertz CT molecular complexity index is 756. The molecule has 4 nitrogen and oxygen atoms in total. The van der Waals surface area contributed by atoms with Crippen LogP contribution in [0.3, 0.4) is 0 Å². The fourth-order valence-electron chi connectivity index (χ4n) is 2.30. The highest BCUT2D eigenvalue weighted by atomic mass is 35.5. The summed E-state index contributed by atoms with van der Waals surface area (Å²) in [5.74, 6) is -0.439. The van der Waals surface area contributed by atoms with Gasteiger partial charge in [0, 0.05) is 5.02 Å².